The predicted octanol–water partition coefficient (Wildman–Crippen LogP) is 3.02. The van der Waals surface area contributed by atoms with E-state index in [9.17, 15) is 5.11 Å². The summed E-state index contributed by atoms with van der Waals surface area (Å²) in [6.07, 6.45) is 4.02. The average molecular weight is 366 g/mol. The van der Waals surface area contributed by atoms with Crippen LogP contribution >= 0.6 is 12.2 Å². The summed E-state index contributed by atoms with van der Waals surface area (Å²) in [6.45, 7) is 3.60. The molecule has 0 radical (unpaired) electrons. The second-order valence-electron chi connectivity index (χ2n) is 6.43. The van der Waals surface area contributed by atoms with E-state index in [1.165, 1.54) is 16.5 Å². The summed E-state index contributed by atoms with van der Waals surface area (Å²) < 4.78 is 2.26. The van der Waals surface area contributed by atoms with E-state index in [2.05, 4.69) is 57.2 Å². The molecule has 134 valence electrons. The molecule has 0 amide bonds. The molecular formula is C20H22N4OS. The fourth-order valence-electron chi connectivity index (χ4n) is 3.87. The molecule has 5 nitrogen and oxygen atoms in total. The summed E-state index contributed by atoms with van der Waals surface area (Å²) in [5.74, 6) is 0. The Morgan fingerprint density at radius 2 is 2.00 bits per heavy atom. The van der Waals surface area contributed by atoms with Crippen molar-refractivity contribution in [1.82, 2.24) is 19.8 Å². The fourth-order valence-corrected chi connectivity index (χ4v) is 4.20. The van der Waals surface area contributed by atoms with Gasteiger partial charge < -0.3 is 19.9 Å². The molecule has 26 heavy (non-hydrogen) atoms. The first-order chi connectivity index (χ1) is 12.7. The number of para-hydroxylation sites is 1. The van der Waals surface area contributed by atoms with Crippen LogP contribution in [0, 0.1) is 0 Å². The van der Waals surface area contributed by atoms with E-state index < -0.39 is 0 Å². The number of rotatable bonds is 5. The number of thiocarbonyl (C=S) groups is 1. The highest BCUT2D eigenvalue weighted by atomic mass is 32.1. The molecule has 0 bridgehead atoms. The van der Waals surface area contributed by atoms with Crippen molar-refractivity contribution in [2.24, 2.45) is 0 Å². The molecule has 1 saturated heterocycles. The predicted molar refractivity (Wildman–Crippen MR) is 107 cm³/mol. The van der Waals surface area contributed by atoms with E-state index in [1.54, 1.807) is 6.20 Å². The number of fused-ring (bicyclic) bond motifs is 1. The van der Waals surface area contributed by atoms with Crippen LogP contribution < -0.4 is 5.32 Å². The Hall–Kier alpha value is -2.44. The zero-order valence-corrected chi connectivity index (χ0v) is 15.5. The Labute approximate surface area is 158 Å². The second kappa shape index (κ2) is 7.05. The standard InChI is InChI=1S/C20H22N4OS/c1-2-23-13-15(14-7-3-4-9-17(14)23)19-18(16-8-5-6-10-21-16)22-20(26)24(19)11-12-25/h3-10,13,18-19,25H,2,11-12H2,1H3,(H,22,26)/t18-,19+/m0/s1. The van der Waals surface area contributed by atoms with Crippen LogP contribution in [0.15, 0.2) is 54.9 Å². The van der Waals surface area contributed by atoms with Gasteiger partial charge in [-0.15, -0.1) is 0 Å². The van der Waals surface area contributed by atoms with E-state index in [4.69, 9.17) is 12.2 Å². The molecule has 3 aromatic rings. The molecule has 0 saturated carbocycles. The van der Waals surface area contributed by atoms with Gasteiger partial charge in [-0.05, 0) is 37.3 Å². The maximum absolute atomic E-state index is 9.58. The van der Waals surface area contributed by atoms with Gasteiger partial charge in [0.2, 0.25) is 0 Å². The van der Waals surface area contributed by atoms with Crippen molar-refractivity contribution in [2.75, 3.05) is 13.2 Å². The largest absolute Gasteiger partial charge is 0.395 e. The number of aryl methyl sites for hydroxylation is 1. The lowest BCUT2D eigenvalue weighted by Gasteiger charge is -2.27. The van der Waals surface area contributed by atoms with Gasteiger partial charge in [-0.1, -0.05) is 24.3 Å². The average Bonchev–Trinajstić information content (AvgIpc) is 3.21. The minimum Gasteiger partial charge on any atom is -0.395 e. The molecule has 0 aliphatic carbocycles. The fraction of sp³-hybridized carbons (Fsp3) is 0.300. The molecule has 0 unspecified atom stereocenters. The van der Waals surface area contributed by atoms with Crippen LogP contribution in [0.2, 0.25) is 0 Å². The molecule has 2 aromatic heterocycles. The van der Waals surface area contributed by atoms with E-state index >= 15 is 0 Å². The number of β-amino-alcohol motifs (C(OH)–C–C–N with tert-alkyl or cyclic N) is 1. The monoisotopic (exact) mass is 366 g/mol. The molecule has 4 rings (SSSR count). The number of benzene rings is 1. The summed E-state index contributed by atoms with van der Waals surface area (Å²) in [7, 11) is 0. The van der Waals surface area contributed by atoms with Crippen LogP contribution in [-0.4, -0.2) is 37.8 Å². The Morgan fingerprint density at radius 3 is 2.73 bits per heavy atom. The Balaban J connectivity index is 1.88. The molecule has 1 aromatic carbocycles. The van der Waals surface area contributed by atoms with E-state index in [0.29, 0.717) is 11.7 Å². The number of aliphatic hydroxyl groups excluding tert-OH is 1. The van der Waals surface area contributed by atoms with Crippen molar-refractivity contribution in [1.29, 1.82) is 0 Å². The number of nitrogens with one attached hydrogen (secondary N) is 1. The Morgan fingerprint density at radius 1 is 1.19 bits per heavy atom. The lowest BCUT2D eigenvalue weighted by molar-refractivity contribution is 0.223. The number of hydrogen-bond donors (Lipinski definition) is 2. The third kappa shape index (κ3) is 2.75. The van der Waals surface area contributed by atoms with Crippen LogP contribution in [0.1, 0.15) is 30.3 Å². The Bertz CT molecular complexity index is 924. The summed E-state index contributed by atoms with van der Waals surface area (Å²) in [5.41, 5.74) is 3.37. The number of nitrogens with zero attached hydrogens (tertiary/aromatic N) is 3. The zero-order valence-electron chi connectivity index (χ0n) is 14.7. The van der Waals surface area contributed by atoms with Crippen LogP contribution in [0.3, 0.4) is 0 Å². The van der Waals surface area contributed by atoms with Crippen molar-refractivity contribution < 1.29 is 5.11 Å². The SMILES string of the molecule is CCn1cc([C@@H]2[C@H](c3ccccn3)NC(=S)N2CCO)c2ccccc21. The second-order valence-corrected chi connectivity index (χ2v) is 6.82. The minimum atomic E-state index is -0.0497. The van der Waals surface area contributed by atoms with Crippen LogP contribution in [0.5, 0.6) is 0 Å². The van der Waals surface area contributed by atoms with Crippen molar-refractivity contribution >= 4 is 28.2 Å². The van der Waals surface area contributed by atoms with Gasteiger partial charge in [0.05, 0.1) is 24.4 Å². The maximum Gasteiger partial charge on any atom is 0.170 e. The van der Waals surface area contributed by atoms with Gasteiger partial charge in [-0.25, -0.2) is 0 Å². The van der Waals surface area contributed by atoms with Crippen molar-refractivity contribution in [3.8, 4) is 0 Å². The zero-order chi connectivity index (χ0) is 18.1. The van der Waals surface area contributed by atoms with Gasteiger partial charge in [-0.3, -0.25) is 4.98 Å². The molecule has 1 aliphatic rings. The number of aliphatic hydroxyl groups is 1. The van der Waals surface area contributed by atoms with Gasteiger partial charge in [0.1, 0.15) is 0 Å². The third-order valence-corrected chi connectivity index (χ3v) is 5.37. The summed E-state index contributed by atoms with van der Waals surface area (Å²) in [4.78, 5) is 6.63. The molecule has 1 fully saturated rings. The number of aromatic nitrogens is 2. The quantitative estimate of drug-likeness (QED) is 0.680. The molecule has 2 N–H and O–H groups in total. The molecular weight excluding hydrogens is 344 g/mol. The minimum absolute atomic E-state index is 0.0118. The molecule has 6 heteroatoms. The van der Waals surface area contributed by atoms with Gasteiger partial charge in [0.25, 0.3) is 0 Å². The lowest BCUT2D eigenvalue weighted by Crippen LogP contribution is -2.32. The van der Waals surface area contributed by atoms with Gasteiger partial charge >= 0.3 is 0 Å². The highest BCUT2D eigenvalue weighted by Gasteiger charge is 2.40. The third-order valence-electron chi connectivity index (χ3n) is 5.02. The van der Waals surface area contributed by atoms with Gasteiger partial charge in [-0.2, -0.15) is 0 Å². The molecule has 0 spiro atoms. The Kier molecular flexibility index (Phi) is 4.61. The van der Waals surface area contributed by atoms with E-state index in [-0.39, 0.29) is 18.7 Å². The topological polar surface area (TPSA) is 53.3 Å². The first kappa shape index (κ1) is 17.0. The van der Waals surface area contributed by atoms with Crippen LogP contribution in [-0.2, 0) is 6.54 Å². The highest BCUT2D eigenvalue weighted by Crippen LogP contribution is 2.41. The first-order valence-electron chi connectivity index (χ1n) is 8.91. The summed E-state index contributed by atoms with van der Waals surface area (Å²) >= 11 is 5.59. The smallest absolute Gasteiger partial charge is 0.170 e. The van der Waals surface area contributed by atoms with Crippen molar-refractivity contribution in [3.63, 3.8) is 0 Å². The molecule has 3 heterocycles. The van der Waals surface area contributed by atoms with Gasteiger partial charge in [0, 0.05) is 41.9 Å². The molecule has 2 atom stereocenters. The van der Waals surface area contributed by atoms with E-state index in [1.807, 2.05) is 18.2 Å². The number of hydrogen-bond acceptors (Lipinski definition) is 3. The van der Waals surface area contributed by atoms with Crippen LogP contribution in [0.4, 0.5) is 0 Å². The first-order valence-corrected chi connectivity index (χ1v) is 9.32. The van der Waals surface area contributed by atoms with Crippen LogP contribution in [0.25, 0.3) is 10.9 Å². The summed E-state index contributed by atoms with van der Waals surface area (Å²) in [6, 6.07) is 14.3. The normalized spacial score (nSPS) is 19.9. The van der Waals surface area contributed by atoms with Crippen molar-refractivity contribution in [3.05, 3.63) is 66.1 Å². The van der Waals surface area contributed by atoms with Gasteiger partial charge in [0.15, 0.2) is 5.11 Å². The van der Waals surface area contributed by atoms with Crippen molar-refractivity contribution in [2.45, 2.75) is 25.6 Å². The van der Waals surface area contributed by atoms with E-state index in [0.717, 1.165) is 12.2 Å². The maximum atomic E-state index is 9.58. The molecule has 1 aliphatic heterocycles. The highest BCUT2D eigenvalue weighted by molar-refractivity contribution is 7.80. The number of pyridine rings is 1. The summed E-state index contributed by atoms with van der Waals surface area (Å²) in [5, 5.41) is 14.9. The lowest BCUT2D eigenvalue weighted by atomic mass is 9.96.